The van der Waals surface area contributed by atoms with Crippen molar-refractivity contribution < 1.29 is 19.2 Å². The van der Waals surface area contributed by atoms with E-state index in [2.05, 4.69) is 11.4 Å². The normalized spacial score (nSPS) is 15.3. The summed E-state index contributed by atoms with van der Waals surface area (Å²) in [6, 6.07) is 9.41. The molecule has 1 aromatic heterocycles. The molecule has 0 atom stereocenters. The van der Waals surface area contributed by atoms with Gasteiger partial charge in [0.05, 0.1) is 24.2 Å². The molecule has 1 aliphatic heterocycles. The van der Waals surface area contributed by atoms with Gasteiger partial charge >= 0.3 is 0 Å². The zero-order valence-electron chi connectivity index (χ0n) is 18.1. The van der Waals surface area contributed by atoms with Crippen LogP contribution in [0.2, 0.25) is 0 Å². The van der Waals surface area contributed by atoms with Crippen molar-refractivity contribution in [3.05, 3.63) is 58.3 Å². The van der Waals surface area contributed by atoms with E-state index in [1.54, 1.807) is 12.1 Å². The standard InChI is InChI=1S/C25H30N2O3/c1-16-8-9-20(17(2)14-16)26-25(29)23-18(3)30-22-11-10-21(28)19(24(22)23)15-27-12-6-4-5-7-13-27/h8-11,14,28H,4-7,12-13,15H2,1-3H3,(H,26,29)/p+1. The van der Waals surface area contributed by atoms with Gasteiger partial charge in [0.1, 0.15) is 23.6 Å². The molecule has 0 saturated carbocycles. The van der Waals surface area contributed by atoms with Crippen molar-refractivity contribution >= 4 is 22.6 Å². The second-order valence-corrected chi connectivity index (χ2v) is 8.58. The minimum atomic E-state index is -0.198. The van der Waals surface area contributed by atoms with Crippen LogP contribution >= 0.6 is 0 Å². The highest BCUT2D eigenvalue weighted by Gasteiger charge is 2.25. The Morgan fingerprint density at radius 2 is 1.80 bits per heavy atom. The largest absolute Gasteiger partial charge is 0.507 e. The van der Waals surface area contributed by atoms with Crippen molar-refractivity contribution in [2.45, 2.75) is 53.0 Å². The van der Waals surface area contributed by atoms with Gasteiger partial charge in [0.15, 0.2) is 0 Å². The Morgan fingerprint density at radius 1 is 1.07 bits per heavy atom. The van der Waals surface area contributed by atoms with Crippen LogP contribution in [-0.2, 0) is 6.54 Å². The maximum Gasteiger partial charge on any atom is 0.259 e. The number of likely N-dealkylation sites (tertiary alicyclic amines) is 1. The molecular formula is C25H31N2O3+. The maximum atomic E-state index is 13.3. The number of carbonyl (C=O) groups excluding carboxylic acids is 1. The van der Waals surface area contributed by atoms with Gasteiger partial charge in [-0.1, -0.05) is 17.7 Å². The summed E-state index contributed by atoms with van der Waals surface area (Å²) < 4.78 is 5.94. The molecule has 5 heteroatoms. The third-order valence-corrected chi connectivity index (χ3v) is 6.21. The average Bonchev–Trinajstić information content (AvgIpc) is 2.86. The highest BCUT2D eigenvalue weighted by Crippen LogP contribution is 2.34. The summed E-state index contributed by atoms with van der Waals surface area (Å²) >= 11 is 0. The first kappa shape index (κ1) is 20.5. The van der Waals surface area contributed by atoms with Crippen LogP contribution < -0.4 is 10.2 Å². The Balaban J connectivity index is 1.73. The zero-order chi connectivity index (χ0) is 21.3. The third kappa shape index (κ3) is 4.08. The number of aryl methyl sites for hydroxylation is 3. The number of amides is 1. The molecule has 2 heterocycles. The molecule has 1 saturated heterocycles. The van der Waals surface area contributed by atoms with Gasteiger partial charge in [-0.05, 0) is 70.2 Å². The van der Waals surface area contributed by atoms with Crippen LogP contribution in [0.5, 0.6) is 5.75 Å². The summed E-state index contributed by atoms with van der Waals surface area (Å²) in [7, 11) is 0. The molecule has 2 aromatic carbocycles. The van der Waals surface area contributed by atoms with E-state index in [9.17, 15) is 9.90 Å². The quantitative estimate of drug-likeness (QED) is 0.605. The minimum absolute atomic E-state index is 0.198. The van der Waals surface area contributed by atoms with Crippen LogP contribution in [0.15, 0.2) is 34.7 Å². The highest BCUT2D eigenvalue weighted by molar-refractivity contribution is 6.14. The van der Waals surface area contributed by atoms with E-state index in [4.69, 9.17) is 4.42 Å². The lowest BCUT2D eigenvalue weighted by atomic mass is 10.0. The van der Waals surface area contributed by atoms with Crippen molar-refractivity contribution in [2.24, 2.45) is 0 Å². The van der Waals surface area contributed by atoms with Crippen molar-refractivity contribution in [3.63, 3.8) is 0 Å². The lowest BCUT2D eigenvalue weighted by molar-refractivity contribution is -0.913. The minimum Gasteiger partial charge on any atom is -0.507 e. The van der Waals surface area contributed by atoms with E-state index in [1.807, 2.05) is 32.9 Å². The van der Waals surface area contributed by atoms with Crippen LogP contribution in [-0.4, -0.2) is 24.1 Å². The Hall–Kier alpha value is -2.79. The third-order valence-electron chi connectivity index (χ3n) is 6.21. The molecule has 5 nitrogen and oxygen atoms in total. The van der Waals surface area contributed by atoms with E-state index in [-0.39, 0.29) is 11.7 Å². The number of hydrogen-bond acceptors (Lipinski definition) is 3. The Bertz CT molecular complexity index is 1080. The van der Waals surface area contributed by atoms with E-state index in [1.165, 1.54) is 30.6 Å². The fraction of sp³-hybridized carbons (Fsp3) is 0.400. The molecule has 158 valence electrons. The monoisotopic (exact) mass is 407 g/mol. The van der Waals surface area contributed by atoms with Gasteiger partial charge in [-0.25, -0.2) is 0 Å². The first-order valence-electron chi connectivity index (χ1n) is 10.9. The number of quaternary nitrogens is 1. The fourth-order valence-electron chi connectivity index (χ4n) is 4.61. The number of carbonyl (C=O) groups is 1. The molecule has 1 aliphatic rings. The van der Waals surface area contributed by atoms with E-state index < -0.39 is 0 Å². The van der Waals surface area contributed by atoms with Gasteiger partial charge in [0, 0.05) is 11.1 Å². The van der Waals surface area contributed by atoms with Crippen molar-refractivity contribution in [1.29, 1.82) is 0 Å². The first-order valence-corrected chi connectivity index (χ1v) is 10.9. The number of anilines is 1. The SMILES string of the molecule is Cc1ccc(NC(=O)c2c(C)oc3ccc(O)c(C[NH+]4CCCCCC4)c23)c(C)c1. The summed E-state index contributed by atoms with van der Waals surface area (Å²) in [5, 5.41) is 14.5. The molecule has 4 rings (SSSR count). The van der Waals surface area contributed by atoms with Crippen LogP contribution in [0, 0.1) is 20.8 Å². The summed E-state index contributed by atoms with van der Waals surface area (Å²) in [5.41, 5.74) is 4.95. The number of fused-ring (bicyclic) bond motifs is 1. The predicted octanol–water partition coefficient (Wildman–Crippen LogP) is 4.27. The number of hydrogen-bond donors (Lipinski definition) is 3. The van der Waals surface area contributed by atoms with E-state index in [0.29, 0.717) is 23.5 Å². The summed E-state index contributed by atoms with van der Waals surface area (Å²) in [6.45, 7) is 8.73. The molecule has 0 radical (unpaired) electrons. The van der Waals surface area contributed by atoms with Crippen molar-refractivity contribution in [1.82, 2.24) is 0 Å². The average molecular weight is 408 g/mol. The molecule has 1 amide bonds. The molecule has 30 heavy (non-hydrogen) atoms. The Labute approximate surface area is 177 Å². The van der Waals surface area contributed by atoms with Gasteiger partial charge in [-0.2, -0.15) is 0 Å². The molecule has 1 fully saturated rings. The van der Waals surface area contributed by atoms with Crippen molar-refractivity contribution in [2.75, 3.05) is 18.4 Å². The number of phenols is 1. The number of furan rings is 1. The molecule has 0 bridgehead atoms. The number of phenolic OH excluding ortho intramolecular Hbond substituents is 1. The van der Waals surface area contributed by atoms with Gasteiger partial charge in [-0.15, -0.1) is 0 Å². The summed E-state index contributed by atoms with van der Waals surface area (Å²) in [6.07, 6.45) is 4.95. The maximum absolute atomic E-state index is 13.3. The van der Waals surface area contributed by atoms with Crippen LogP contribution in [0.25, 0.3) is 11.0 Å². The van der Waals surface area contributed by atoms with Crippen LogP contribution in [0.3, 0.4) is 0 Å². The lowest BCUT2D eigenvalue weighted by Crippen LogP contribution is -3.10. The van der Waals surface area contributed by atoms with Crippen LogP contribution in [0.4, 0.5) is 5.69 Å². The van der Waals surface area contributed by atoms with E-state index in [0.717, 1.165) is 40.9 Å². The Kier molecular flexibility index (Phi) is 5.82. The smallest absolute Gasteiger partial charge is 0.259 e. The second-order valence-electron chi connectivity index (χ2n) is 8.58. The van der Waals surface area contributed by atoms with Gasteiger partial charge in [0.2, 0.25) is 0 Å². The Morgan fingerprint density at radius 3 is 2.50 bits per heavy atom. The molecular weight excluding hydrogens is 376 g/mol. The fourth-order valence-corrected chi connectivity index (χ4v) is 4.61. The predicted molar refractivity (Wildman–Crippen MR) is 119 cm³/mol. The highest BCUT2D eigenvalue weighted by atomic mass is 16.3. The van der Waals surface area contributed by atoms with Gasteiger partial charge in [0.25, 0.3) is 5.91 Å². The molecule has 0 aliphatic carbocycles. The number of nitrogens with one attached hydrogen (secondary N) is 2. The second kappa shape index (κ2) is 8.52. The number of benzene rings is 2. The van der Waals surface area contributed by atoms with Crippen molar-refractivity contribution in [3.8, 4) is 5.75 Å². The zero-order valence-corrected chi connectivity index (χ0v) is 18.1. The van der Waals surface area contributed by atoms with Gasteiger partial charge < -0.3 is 19.7 Å². The first-order chi connectivity index (χ1) is 14.4. The molecule has 3 N–H and O–H groups in total. The number of rotatable bonds is 4. The lowest BCUT2D eigenvalue weighted by Gasteiger charge is -2.18. The topological polar surface area (TPSA) is 66.9 Å². The molecule has 0 unspecified atom stereocenters. The van der Waals surface area contributed by atoms with Crippen LogP contribution in [0.1, 0.15) is 58.5 Å². The summed E-state index contributed by atoms with van der Waals surface area (Å²) in [4.78, 5) is 14.8. The molecule has 0 spiro atoms. The number of aromatic hydroxyl groups is 1. The van der Waals surface area contributed by atoms with E-state index >= 15 is 0 Å². The van der Waals surface area contributed by atoms with Gasteiger partial charge in [-0.3, -0.25) is 4.79 Å². The summed E-state index contributed by atoms with van der Waals surface area (Å²) in [5.74, 6) is 0.613. The molecule has 3 aromatic rings.